The molecule has 1 heterocycles. The molecule has 3 nitrogen and oxygen atoms in total. The van der Waals surface area contributed by atoms with Gasteiger partial charge in [0.05, 0.1) is 11.4 Å². The maximum absolute atomic E-state index is 7.12. The average Bonchev–Trinajstić information content (AvgIpc) is 3.70. The smallest absolute Gasteiger partial charge is 0.143 e. The molecule has 290 valence electrons. The third-order valence-corrected chi connectivity index (χ3v) is 13.4. The first-order chi connectivity index (χ1) is 29.3. The van der Waals surface area contributed by atoms with Gasteiger partial charge in [-0.25, -0.2) is 0 Å². The van der Waals surface area contributed by atoms with Gasteiger partial charge in [0.25, 0.3) is 0 Å². The van der Waals surface area contributed by atoms with Crippen molar-refractivity contribution in [3.63, 3.8) is 0 Å². The second-order valence-electron chi connectivity index (χ2n) is 16.9. The van der Waals surface area contributed by atoms with Crippen LogP contribution >= 0.6 is 0 Å². The van der Waals surface area contributed by atoms with Crippen molar-refractivity contribution in [2.75, 3.05) is 9.80 Å². The number of benzene rings is 8. The molecule has 9 aromatic rings. The fourth-order valence-corrected chi connectivity index (χ4v) is 10.5. The van der Waals surface area contributed by atoms with Crippen LogP contribution in [0.25, 0.3) is 43.5 Å². The van der Waals surface area contributed by atoms with Gasteiger partial charge < -0.3 is 14.2 Å². The van der Waals surface area contributed by atoms with Crippen LogP contribution in [-0.2, 0) is 0 Å². The minimum Gasteiger partial charge on any atom is -0.455 e. The van der Waals surface area contributed by atoms with E-state index in [1.54, 1.807) is 0 Å². The standard InChI is InChI=1S/C56H50N2O/c1-5-17-39(18-6-1)41-29-33-45(34-30-41)57(43-21-9-3-10-22-43)52-37-51-55-49-27-15-13-25-47(49)53(38-54(55)59-56(51)50-28-16-14-26-48(50)52)58(44-23-11-4-12-24-44)46-35-31-42(32-36-46)40-19-7-2-8-20-40/h3-4,9-16,21-40H,1-2,5-8,17-20H2. The number of para-hydroxylation sites is 2. The van der Waals surface area contributed by atoms with E-state index in [4.69, 9.17) is 4.42 Å². The van der Waals surface area contributed by atoms with Crippen LogP contribution in [0.5, 0.6) is 0 Å². The summed E-state index contributed by atoms with van der Waals surface area (Å²) in [5, 5.41) is 6.92. The Labute approximate surface area is 347 Å². The van der Waals surface area contributed by atoms with Crippen molar-refractivity contribution < 1.29 is 4.42 Å². The summed E-state index contributed by atoms with van der Waals surface area (Å²) in [7, 11) is 0. The van der Waals surface area contributed by atoms with E-state index >= 15 is 0 Å². The van der Waals surface area contributed by atoms with Gasteiger partial charge in [-0.05, 0) is 109 Å². The largest absolute Gasteiger partial charge is 0.455 e. The molecule has 1 aromatic heterocycles. The molecule has 2 saturated carbocycles. The Morgan fingerprint density at radius 1 is 0.356 bits per heavy atom. The van der Waals surface area contributed by atoms with Crippen molar-refractivity contribution in [2.45, 2.75) is 76.0 Å². The summed E-state index contributed by atoms with van der Waals surface area (Å²) in [6.07, 6.45) is 13.2. The molecule has 0 aliphatic heterocycles. The average molecular weight is 767 g/mol. The maximum atomic E-state index is 7.12. The highest BCUT2D eigenvalue weighted by Gasteiger charge is 2.25. The first kappa shape index (κ1) is 35.8. The number of anilines is 6. The third-order valence-electron chi connectivity index (χ3n) is 13.4. The summed E-state index contributed by atoms with van der Waals surface area (Å²) in [5.41, 5.74) is 11.6. The monoisotopic (exact) mass is 766 g/mol. The molecular weight excluding hydrogens is 717 g/mol. The van der Waals surface area contributed by atoms with Crippen molar-refractivity contribution in [1.82, 2.24) is 0 Å². The SMILES string of the molecule is c1ccc(N(c2ccc(C3CCCCC3)cc2)c2cc3c(oc4cc(N(c5ccccc5)c5ccc(C6CCCCC6)cc5)c5ccccc5c43)c3ccccc23)cc1. The van der Waals surface area contributed by atoms with Gasteiger partial charge >= 0.3 is 0 Å². The van der Waals surface area contributed by atoms with Crippen molar-refractivity contribution >= 4 is 77.6 Å². The molecule has 0 unspecified atom stereocenters. The van der Waals surface area contributed by atoms with E-state index in [-0.39, 0.29) is 0 Å². The molecule has 0 spiro atoms. The van der Waals surface area contributed by atoms with Crippen LogP contribution < -0.4 is 9.80 Å². The first-order valence-electron chi connectivity index (χ1n) is 22.0. The van der Waals surface area contributed by atoms with Gasteiger partial charge in [-0.3, -0.25) is 0 Å². The summed E-state index contributed by atoms with van der Waals surface area (Å²) in [6.45, 7) is 0. The molecule has 2 aliphatic carbocycles. The Morgan fingerprint density at radius 3 is 1.27 bits per heavy atom. The van der Waals surface area contributed by atoms with E-state index in [2.05, 4.69) is 180 Å². The van der Waals surface area contributed by atoms with E-state index < -0.39 is 0 Å². The molecule has 2 fully saturated rings. The van der Waals surface area contributed by atoms with E-state index in [0.29, 0.717) is 11.8 Å². The van der Waals surface area contributed by atoms with E-state index in [1.165, 1.54) is 86.1 Å². The van der Waals surface area contributed by atoms with E-state index in [1.807, 2.05) is 0 Å². The predicted molar refractivity (Wildman–Crippen MR) is 250 cm³/mol. The van der Waals surface area contributed by atoms with Gasteiger partial charge in [0, 0.05) is 55.7 Å². The van der Waals surface area contributed by atoms with Gasteiger partial charge in [0.1, 0.15) is 11.2 Å². The maximum Gasteiger partial charge on any atom is 0.143 e. The van der Waals surface area contributed by atoms with Crippen molar-refractivity contribution in [2.24, 2.45) is 0 Å². The lowest BCUT2D eigenvalue weighted by Crippen LogP contribution is -2.11. The third kappa shape index (κ3) is 6.54. The van der Waals surface area contributed by atoms with Crippen LogP contribution in [0.3, 0.4) is 0 Å². The van der Waals surface area contributed by atoms with Gasteiger partial charge in [0.15, 0.2) is 0 Å². The quantitative estimate of drug-likeness (QED) is 0.154. The molecule has 2 aliphatic rings. The number of hydrogen-bond donors (Lipinski definition) is 0. The molecule has 3 heteroatoms. The fraction of sp³-hybridized carbons (Fsp3) is 0.214. The number of furan rings is 1. The predicted octanol–water partition coefficient (Wildman–Crippen LogP) is 16.9. The molecule has 0 atom stereocenters. The van der Waals surface area contributed by atoms with Crippen molar-refractivity contribution in [3.8, 4) is 0 Å². The topological polar surface area (TPSA) is 19.6 Å². The molecule has 0 amide bonds. The lowest BCUT2D eigenvalue weighted by Gasteiger charge is -2.28. The summed E-state index contributed by atoms with van der Waals surface area (Å²) in [4.78, 5) is 4.85. The second-order valence-corrected chi connectivity index (χ2v) is 16.9. The highest BCUT2D eigenvalue weighted by Crippen LogP contribution is 2.49. The molecular formula is C56H50N2O. The fourth-order valence-electron chi connectivity index (χ4n) is 10.5. The summed E-state index contributed by atoms with van der Waals surface area (Å²) in [6, 6.07) is 62.8. The number of rotatable bonds is 8. The molecule has 8 aromatic carbocycles. The van der Waals surface area contributed by atoms with Crippen LogP contribution in [0.1, 0.15) is 87.2 Å². The number of fused-ring (bicyclic) bond motifs is 7. The normalized spacial score (nSPS) is 15.3. The molecule has 0 radical (unpaired) electrons. The lowest BCUT2D eigenvalue weighted by molar-refractivity contribution is 0.443. The second kappa shape index (κ2) is 15.5. The Hall–Kier alpha value is -6.32. The van der Waals surface area contributed by atoms with Gasteiger partial charge in [-0.15, -0.1) is 0 Å². The van der Waals surface area contributed by atoms with Crippen LogP contribution in [0.4, 0.5) is 34.1 Å². The van der Waals surface area contributed by atoms with Crippen LogP contribution in [0.15, 0.2) is 174 Å². The molecule has 0 N–H and O–H groups in total. The molecule has 59 heavy (non-hydrogen) atoms. The van der Waals surface area contributed by atoms with Crippen molar-refractivity contribution in [1.29, 1.82) is 0 Å². The Morgan fingerprint density at radius 2 is 0.763 bits per heavy atom. The Kier molecular flexibility index (Phi) is 9.38. The Bertz CT molecular complexity index is 2880. The van der Waals surface area contributed by atoms with Crippen molar-refractivity contribution in [3.05, 3.63) is 181 Å². The van der Waals surface area contributed by atoms with E-state index in [0.717, 1.165) is 66.8 Å². The summed E-state index contributed by atoms with van der Waals surface area (Å²) in [5.74, 6) is 1.32. The first-order valence-corrected chi connectivity index (χ1v) is 22.0. The highest BCUT2D eigenvalue weighted by atomic mass is 16.3. The van der Waals surface area contributed by atoms with Gasteiger partial charge in [0.2, 0.25) is 0 Å². The molecule has 0 bridgehead atoms. The van der Waals surface area contributed by atoms with Gasteiger partial charge in [-0.1, -0.05) is 148 Å². The summed E-state index contributed by atoms with van der Waals surface area (Å²) < 4.78 is 7.12. The number of nitrogens with zero attached hydrogens (tertiary/aromatic N) is 2. The zero-order valence-electron chi connectivity index (χ0n) is 33.7. The zero-order chi connectivity index (χ0) is 39.1. The number of hydrogen-bond acceptors (Lipinski definition) is 3. The minimum absolute atomic E-state index is 0.661. The van der Waals surface area contributed by atoms with Crippen LogP contribution in [0, 0.1) is 0 Å². The van der Waals surface area contributed by atoms with Crippen LogP contribution in [0.2, 0.25) is 0 Å². The van der Waals surface area contributed by atoms with Crippen LogP contribution in [-0.4, -0.2) is 0 Å². The molecule has 0 saturated heterocycles. The zero-order valence-corrected chi connectivity index (χ0v) is 33.7. The Balaban J connectivity index is 1.11. The minimum atomic E-state index is 0.661. The highest BCUT2D eigenvalue weighted by molar-refractivity contribution is 6.27. The van der Waals surface area contributed by atoms with Gasteiger partial charge in [-0.2, -0.15) is 0 Å². The van der Waals surface area contributed by atoms with E-state index in [9.17, 15) is 0 Å². The lowest BCUT2D eigenvalue weighted by atomic mass is 9.84. The molecule has 11 rings (SSSR count). The summed E-state index contributed by atoms with van der Waals surface area (Å²) >= 11 is 0.